The number of carbonyl (C=O) groups is 2. The average molecular weight is 357 g/mol. The molecule has 130 valence electrons. The SMILES string of the molecule is O=C(O)CSCc1cccc(NC(=O)Cc2ccc3c(c2)CCO3)c1. The van der Waals surface area contributed by atoms with Gasteiger partial charge in [0.05, 0.1) is 18.8 Å². The van der Waals surface area contributed by atoms with Crippen molar-refractivity contribution in [3.63, 3.8) is 0 Å². The van der Waals surface area contributed by atoms with E-state index in [9.17, 15) is 9.59 Å². The molecule has 0 radical (unpaired) electrons. The molecular formula is C19H19NO4S. The molecule has 3 rings (SSSR count). The van der Waals surface area contributed by atoms with Crippen LogP contribution in [0.5, 0.6) is 5.75 Å². The van der Waals surface area contributed by atoms with E-state index >= 15 is 0 Å². The van der Waals surface area contributed by atoms with Crippen LogP contribution in [0.3, 0.4) is 0 Å². The van der Waals surface area contributed by atoms with Crippen LogP contribution < -0.4 is 10.1 Å². The highest BCUT2D eigenvalue weighted by molar-refractivity contribution is 7.99. The minimum absolute atomic E-state index is 0.0681. The zero-order valence-corrected chi connectivity index (χ0v) is 14.5. The van der Waals surface area contributed by atoms with E-state index in [0.717, 1.165) is 34.5 Å². The molecule has 1 aliphatic heterocycles. The van der Waals surface area contributed by atoms with Gasteiger partial charge in [0.15, 0.2) is 0 Å². The molecule has 0 unspecified atom stereocenters. The molecule has 1 heterocycles. The van der Waals surface area contributed by atoms with Crippen molar-refractivity contribution < 1.29 is 19.4 Å². The summed E-state index contributed by atoms with van der Waals surface area (Å²) in [6.45, 7) is 0.706. The van der Waals surface area contributed by atoms with Crippen molar-refractivity contribution >= 4 is 29.3 Å². The Morgan fingerprint density at radius 3 is 2.88 bits per heavy atom. The number of rotatable bonds is 7. The maximum atomic E-state index is 12.3. The third kappa shape index (κ3) is 5.00. The van der Waals surface area contributed by atoms with E-state index in [2.05, 4.69) is 5.32 Å². The quantitative estimate of drug-likeness (QED) is 0.796. The van der Waals surface area contributed by atoms with Crippen molar-refractivity contribution in [2.24, 2.45) is 0 Å². The molecule has 5 nitrogen and oxygen atoms in total. The second kappa shape index (κ2) is 8.07. The standard InChI is InChI=1S/C19H19NO4S/c21-18(10-13-4-5-17-15(8-13)6-7-24-17)20-16-3-1-2-14(9-16)11-25-12-19(22)23/h1-5,8-9H,6-7,10-12H2,(H,20,21)(H,22,23). The molecule has 25 heavy (non-hydrogen) atoms. The van der Waals surface area contributed by atoms with Crippen LogP contribution >= 0.6 is 11.8 Å². The summed E-state index contributed by atoms with van der Waals surface area (Å²) in [7, 11) is 0. The van der Waals surface area contributed by atoms with Gasteiger partial charge in [-0.3, -0.25) is 9.59 Å². The highest BCUT2D eigenvalue weighted by atomic mass is 32.2. The lowest BCUT2D eigenvalue weighted by atomic mass is 10.1. The summed E-state index contributed by atoms with van der Waals surface area (Å²) in [5, 5.41) is 11.6. The second-order valence-electron chi connectivity index (χ2n) is 5.85. The number of carboxylic acid groups (broad SMARTS) is 1. The number of amides is 1. The Kier molecular flexibility index (Phi) is 5.60. The molecule has 0 bridgehead atoms. The van der Waals surface area contributed by atoms with Crippen molar-refractivity contribution in [1.82, 2.24) is 0 Å². The van der Waals surface area contributed by atoms with Gasteiger partial charge < -0.3 is 15.2 Å². The Balaban J connectivity index is 1.56. The van der Waals surface area contributed by atoms with E-state index in [1.165, 1.54) is 11.8 Å². The Hall–Kier alpha value is -2.47. The summed E-state index contributed by atoms with van der Waals surface area (Å²) in [5.41, 5.74) is 3.83. The molecule has 0 fully saturated rings. The fourth-order valence-electron chi connectivity index (χ4n) is 2.74. The Morgan fingerprint density at radius 1 is 1.16 bits per heavy atom. The summed E-state index contributed by atoms with van der Waals surface area (Å²) in [4.78, 5) is 22.8. The molecule has 1 amide bonds. The third-order valence-corrected chi connectivity index (χ3v) is 4.81. The molecule has 6 heteroatoms. The van der Waals surface area contributed by atoms with Crippen molar-refractivity contribution in [3.05, 3.63) is 59.2 Å². The molecule has 0 atom stereocenters. The number of carbonyl (C=O) groups excluding carboxylic acids is 1. The van der Waals surface area contributed by atoms with Crippen LogP contribution in [0, 0.1) is 0 Å². The summed E-state index contributed by atoms with van der Waals surface area (Å²) in [6, 6.07) is 13.4. The number of fused-ring (bicyclic) bond motifs is 1. The normalized spacial score (nSPS) is 12.3. The lowest BCUT2D eigenvalue weighted by Gasteiger charge is -2.08. The topological polar surface area (TPSA) is 75.6 Å². The molecule has 2 aromatic carbocycles. The molecule has 0 spiro atoms. The van der Waals surface area contributed by atoms with Gasteiger partial charge in [-0.2, -0.15) is 0 Å². The van der Waals surface area contributed by atoms with Gasteiger partial charge in [0, 0.05) is 17.9 Å². The van der Waals surface area contributed by atoms with E-state index in [0.29, 0.717) is 18.8 Å². The number of aliphatic carboxylic acids is 1. The van der Waals surface area contributed by atoms with E-state index in [1.807, 2.05) is 42.5 Å². The van der Waals surface area contributed by atoms with E-state index in [4.69, 9.17) is 9.84 Å². The number of nitrogens with one attached hydrogen (secondary N) is 1. The number of benzene rings is 2. The lowest BCUT2D eigenvalue weighted by Crippen LogP contribution is -2.14. The van der Waals surface area contributed by atoms with E-state index < -0.39 is 5.97 Å². The highest BCUT2D eigenvalue weighted by Gasteiger charge is 2.13. The van der Waals surface area contributed by atoms with Crippen molar-refractivity contribution in [1.29, 1.82) is 0 Å². The summed E-state index contributed by atoms with van der Waals surface area (Å²) < 4.78 is 5.47. The van der Waals surface area contributed by atoms with E-state index in [1.54, 1.807) is 0 Å². The first-order valence-corrected chi connectivity index (χ1v) is 9.18. The van der Waals surface area contributed by atoms with Crippen LogP contribution in [0.2, 0.25) is 0 Å². The first-order valence-electron chi connectivity index (χ1n) is 8.03. The number of hydrogen-bond donors (Lipinski definition) is 2. The van der Waals surface area contributed by atoms with Crippen LogP contribution in [0.1, 0.15) is 16.7 Å². The molecule has 2 N–H and O–H groups in total. The molecule has 0 aliphatic carbocycles. The van der Waals surface area contributed by atoms with Gasteiger partial charge in [0.1, 0.15) is 5.75 Å². The number of carboxylic acids is 1. The number of ether oxygens (including phenoxy) is 1. The lowest BCUT2D eigenvalue weighted by molar-refractivity contribution is -0.133. The van der Waals surface area contributed by atoms with Crippen molar-refractivity contribution in [3.8, 4) is 5.75 Å². The molecular weight excluding hydrogens is 338 g/mol. The van der Waals surface area contributed by atoms with Gasteiger partial charge in [-0.1, -0.05) is 24.3 Å². The van der Waals surface area contributed by atoms with Crippen molar-refractivity contribution in [2.45, 2.75) is 18.6 Å². The predicted octanol–water partition coefficient (Wildman–Crippen LogP) is 3.12. The number of hydrogen-bond acceptors (Lipinski definition) is 4. The summed E-state index contributed by atoms with van der Waals surface area (Å²) in [6.07, 6.45) is 1.20. The molecule has 0 saturated heterocycles. The first kappa shape index (κ1) is 17.4. The third-order valence-electron chi connectivity index (χ3n) is 3.82. The van der Waals surface area contributed by atoms with Crippen LogP contribution in [0.15, 0.2) is 42.5 Å². The first-order chi connectivity index (χ1) is 12.1. The molecule has 0 aromatic heterocycles. The largest absolute Gasteiger partial charge is 0.493 e. The maximum Gasteiger partial charge on any atom is 0.313 e. The number of thioether (sulfide) groups is 1. The zero-order valence-electron chi connectivity index (χ0n) is 13.7. The van der Waals surface area contributed by atoms with E-state index in [-0.39, 0.29) is 11.7 Å². The van der Waals surface area contributed by atoms with Crippen LogP contribution in [0.25, 0.3) is 0 Å². The van der Waals surface area contributed by atoms with Gasteiger partial charge in [0.2, 0.25) is 5.91 Å². The fraction of sp³-hybridized carbons (Fsp3) is 0.263. The fourth-order valence-corrected chi connectivity index (χ4v) is 3.43. The monoisotopic (exact) mass is 357 g/mol. The maximum absolute atomic E-state index is 12.3. The van der Waals surface area contributed by atoms with Gasteiger partial charge in [-0.25, -0.2) is 0 Å². The molecule has 0 saturated carbocycles. The van der Waals surface area contributed by atoms with Crippen LogP contribution in [0.4, 0.5) is 5.69 Å². The second-order valence-corrected chi connectivity index (χ2v) is 6.84. The predicted molar refractivity (Wildman–Crippen MR) is 98.2 cm³/mol. The Bertz CT molecular complexity index is 791. The number of anilines is 1. The van der Waals surface area contributed by atoms with Gasteiger partial charge in [-0.15, -0.1) is 11.8 Å². The zero-order chi connectivity index (χ0) is 17.6. The summed E-state index contributed by atoms with van der Waals surface area (Å²) >= 11 is 1.33. The highest BCUT2D eigenvalue weighted by Crippen LogP contribution is 2.26. The van der Waals surface area contributed by atoms with Gasteiger partial charge >= 0.3 is 5.97 Å². The van der Waals surface area contributed by atoms with Gasteiger partial charge in [-0.05, 0) is 34.9 Å². The smallest absolute Gasteiger partial charge is 0.313 e. The Morgan fingerprint density at radius 2 is 2.04 bits per heavy atom. The van der Waals surface area contributed by atoms with Gasteiger partial charge in [0.25, 0.3) is 0 Å². The minimum Gasteiger partial charge on any atom is -0.493 e. The van der Waals surface area contributed by atoms with Crippen LogP contribution in [-0.4, -0.2) is 29.3 Å². The average Bonchev–Trinajstić information content (AvgIpc) is 3.02. The van der Waals surface area contributed by atoms with Crippen LogP contribution in [-0.2, 0) is 28.2 Å². The molecule has 2 aromatic rings. The Labute approximate surface area is 150 Å². The van der Waals surface area contributed by atoms with Crippen molar-refractivity contribution in [2.75, 3.05) is 17.7 Å². The summed E-state index contributed by atoms with van der Waals surface area (Å²) in [5.74, 6) is 0.679. The molecule has 1 aliphatic rings. The minimum atomic E-state index is -0.825.